The highest BCUT2D eigenvalue weighted by Crippen LogP contribution is 2.28. The van der Waals surface area contributed by atoms with E-state index in [-0.39, 0.29) is 5.70 Å². The number of rotatable bonds is 6. The van der Waals surface area contributed by atoms with E-state index in [0.717, 1.165) is 23.7 Å². The number of carbonyl (C=O) groups excluding carboxylic acids is 3. The predicted molar refractivity (Wildman–Crippen MR) is 119 cm³/mol. The summed E-state index contributed by atoms with van der Waals surface area (Å²) in [7, 11) is 1.53. The number of halogens is 1. The summed E-state index contributed by atoms with van der Waals surface area (Å²) in [5, 5.41) is 5.02. The van der Waals surface area contributed by atoms with Crippen LogP contribution in [-0.4, -0.2) is 62.7 Å². The average molecular weight is 454 g/mol. The molecule has 33 heavy (non-hydrogen) atoms. The second-order valence-corrected chi connectivity index (χ2v) is 7.46. The highest BCUT2D eigenvalue weighted by molar-refractivity contribution is 6.16. The van der Waals surface area contributed by atoms with Gasteiger partial charge in [-0.3, -0.25) is 9.59 Å². The molecule has 0 spiro atoms. The number of imide groups is 1. The number of methoxy groups -OCH3 is 1. The lowest BCUT2D eigenvalue weighted by molar-refractivity contribution is -0.127. The Bertz CT molecular complexity index is 1100. The number of ether oxygens (including phenoxy) is 2. The number of morpholine rings is 1. The average Bonchev–Trinajstić information content (AvgIpc) is 3.08. The van der Waals surface area contributed by atoms with Crippen LogP contribution in [-0.2, 0) is 14.3 Å². The summed E-state index contributed by atoms with van der Waals surface area (Å²) < 4.78 is 23.9. The maximum Gasteiger partial charge on any atom is 0.329 e. The Morgan fingerprint density at radius 3 is 2.61 bits per heavy atom. The van der Waals surface area contributed by atoms with Crippen molar-refractivity contribution in [3.63, 3.8) is 0 Å². The molecular formula is C23H23FN4O5. The molecule has 2 aromatic carbocycles. The molecule has 172 valence electrons. The van der Waals surface area contributed by atoms with Gasteiger partial charge in [-0.15, -0.1) is 0 Å². The second kappa shape index (κ2) is 9.70. The van der Waals surface area contributed by atoms with Crippen molar-refractivity contribution < 1.29 is 28.2 Å². The van der Waals surface area contributed by atoms with Crippen LogP contribution >= 0.6 is 0 Å². The van der Waals surface area contributed by atoms with Crippen molar-refractivity contribution in [2.75, 3.05) is 50.2 Å². The molecule has 0 aliphatic carbocycles. The minimum absolute atomic E-state index is 0.0343. The number of urea groups is 1. The van der Waals surface area contributed by atoms with Crippen LogP contribution in [0.25, 0.3) is 6.08 Å². The molecular weight excluding hydrogens is 431 g/mol. The first-order chi connectivity index (χ1) is 15.9. The molecule has 2 saturated heterocycles. The molecule has 2 aliphatic rings. The van der Waals surface area contributed by atoms with Crippen molar-refractivity contribution in [2.45, 2.75) is 0 Å². The van der Waals surface area contributed by atoms with Crippen molar-refractivity contribution in [1.82, 2.24) is 10.2 Å². The molecule has 10 heteroatoms. The topological polar surface area (TPSA) is 100 Å². The van der Waals surface area contributed by atoms with Crippen LogP contribution in [0.2, 0.25) is 0 Å². The van der Waals surface area contributed by atoms with Crippen LogP contribution < -0.4 is 20.3 Å². The van der Waals surface area contributed by atoms with E-state index >= 15 is 0 Å². The van der Waals surface area contributed by atoms with E-state index in [0.29, 0.717) is 30.2 Å². The van der Waals surface area contributed by atoms with Gasteiger partial charge in [-0.2, -0.15) is 0 Å². The summed E-state index contributed by atoms with van der Waals surface area (Å²) in [6.07, 6.45) is 1.51. The van der Waals surface area contributed by atoms with Gasteiger partial charge in [-0.25, -0.2) is 14.1 Å². The molecule has 2 fully saturated rings. The number of carbonyl (C=O) groups is 3. The van der Waals surface area contributed by atoms with Gasteiger partial charge >= 0.3 is 6.03 Å². The van der Waals surface area contributed by atoms with Gasteiger partial charge in [0, 0.05) is 36.1 Å². The third kappa shape index (κ3) is 5.12. The normalized spacial score (nSPS) is 17.3. The van der Waals surface area contributed by atoms with Crippen LogP contribution in [0.3, 0.4) is 0 Å². The Kier molecular flexibility index (Phi) is 6.55. The minimum Gasteiger partial charge on any atom is -0.496 e. The van der Waals surface area contributed by atoms with Crippen LogP contribution in [0.5, 0.6) is 5.75 Å². The number of hydrogen-bond donors (Lipinski definition) is 2. The zero-order valence-electron chi connectivity index (χ0n) is 18.0. The first kappa shape index (κ1) is 22.3. The molecule has 2 aromatic rings. The summed E-state index contributed by atoms with van der Waals surface area (Å²) in [6.45, 7) is 2.37. The monoisotopic (exact) mass is 454 g/mol. The molecule has 9 nitrogen and oxygen atoms in total. The predicted octanol–water partition coefficient (Wildman–Crippen LogP) is 2.20. The lowest BCUT2D eigenvalue weighted by Crippen LogP contribution is -2.38. The highest BCUT2D eigenvalue weighted by atomic mass is 19.1. The lowest BCUT2D eigenvalue weighted by atomic mass is 10.1. The molecule has 4 rings (SSSR count). The standard InChI is InChI=1S/C23H23FN4O5/c1-32-20-13-18(27-8-10-33-11-9-27)7-2-15(20)12-19-22(30)28(23(31)26-19)14-21(29)25-17-5-3-16(24)4-6-17/h2-7,12-13H,8-11,14H2,1H3,(H,25,29)(H,26,31)/b19-12-. The molecule has 0 bridgehead atoms. The van der Waals surface area contributed by atoms with Crippen molar-refractivity contribution in [1.29, 1.82) is 0 Å². The Balaban J connectivity index is 1.46. The van der Waals surface area contributed by atoms with E-state index in [1.165, 1.54) is 37.5 Å². The summed E-state index contributed by atoms with van der Waals surface area (Å²) in [5.74, 6) is -1.11. The van der Waals surface area contributed by atoms with Crippen molar-refractivity contribution in [3.05, 3.63) is 59.5 Å². The van der Waals surface area contributed by atoms with Gasteiger partial charge in [-0.1, -0.05) is 0 Å². The zero-order chi connectivity index (χ0) is 23.4. The summed E-state index contributed by atoms with van der Waals surface area (Å²) in [6, 6.07) is 10.0. The lowest BCUT2D eigenvalue weighted by Gasteiger charge is -2.29. The summed E-state index contributed by atoms with van der Waals surface area (Å²) in [5.41, 5.74) is 1.97. The van der Waals surface area contributed by atoms with Gasteiger partial charge in [0.05, 0.1) is 20.3 Å². The summed E-state index contributed by atoms with van der Waals surface area (Å²) in [4.78, 5) is 40.3. The maximum atomic E-state index is 13.0. The zero-order valence-corrected chi connectivity index (χ0v) is 18.0. The molecule has 2 N–H and O–H groups in total. The Morgan fingerprint density at radius 1 is 1.18 bits per heavy atom. The highest BCUT2D eigenvalue weighted by Gasteiger charge is 2.35. The number of anilines is 2. The first-order valence-corrected chi connectivity index (χ1v) is 10.4. The number of nitrogens with one attached hydrogen (secondary N) is 2. The van der Waals surface area contributed by atoms with Gasteiger partial charge < -0.3 is 25.0 Å². The fourth-order valence-corrected chi connectivity index (χ4v) is 3.59. The number of amides is 4. The molecule has 2 heterocycles. The van der Waals surface area contributed by atoms with Gasteiger partial charge in [0.1, 0.15) is 23.8 Å². The van der Waals surface area contributed by atoms with E-state index in [2.05, 4.69) is 15.5 Å². The molecule has 4 amide bonds. The number of nitrogens with zero attached hydrogens (tertiary/aromatic N) is 2. The van der Waals surface area contributed by atoms with Crippen molar-refractivity contribution in [3.8, 4) is 5.75 Å². The Hall–Kier alpha value is -3.92. The second-order valence-electron chi connectivity index (χ2n) is 7.46. The van der Waals surface area contributed by atoms with E-state index in [1.807, 2.05) is 12.1 Å². The SMILES string of the molecule is COc1cc(N2CCOCC2)ccc1/C=C1\NC(=O)N(CC(=O)Nc2ccc(F)cc2)C1=O. The third-order valence-electron chi connectivity index (χ3n) is 5.29. The van der Waals surface area contributed by atoms with Gasteiger partial charge in [0.15, 0.2) is 0 Å². The first-order valence-electron chi connectivity index (χ1n) is 10.4. The quantitative estimate of drug-likeness (QED) is 0.513. The fourth-order valence-electron chi connectivity index (χ4n) is 3.59. The maximum absolute atomic E-state index is 13.0. The van der Waals surface area contributed by atoms with Gasteiger partial charge in [0.2, 0.25) is 5.91 Å². The third-order valence-corrected chi connectivity index (χ3v) is 5.29. The Labute approximate surface area is 189 Å². The van der Waals surface area contributed by atoms with Crippen LogP contribution in [0.4, 0.5) is 20.6 Å². The van der Waals surface area contributed by atoms with Gasteiger partial charge in [-0.05, 0) is 42.5 Å². The summed E-state index contributed by atoms with van der Waals surface area (Å²) >= 11 is 0. The van der Waals surface area contributed by atoms with E-state index in [9.17, 15) is 18.8 Å². The number of hydrogen-bond acceptors (Lipinski definition) is 6. The minimum atomic E-state index is -0.704. The molecule has 0 aromatic heterocycles. The van der Waals surface area contributed by atoms with Crippen LogP contribution in [0.1, 0.15) is 5.56 Å². The molecule has 2 aliphatic heterocycles. The molecule has 0 atom stereocenters. The Morgan fingerprint density at radius 2 is 1.91 bits per heavy atom. The van der Waals surface area contributed by atoms with Crippen LogP contribution in [0, 0.1) is 5.82 Å². The number of benzene rings is 2. The van der Waals surface area contributed by atoms with Gasteiger partial charge in [0.25, 0.3) is 5.91 Å². The van der Waals surface area contributed by atoms with E-state index in [1.54, 1.807) is 6.07 Å². The van der Waals surface area contributed by atoms with Crippen LogP contribution in [0.15, 0.2) is 48.2 Å². The van der Waals surface area contributed by atoms with Crippen molar-refractivity contribution in [2.24, 2.45) is 0 Å². The fraction of sp³-hybridized carbons (Fsp3) is 0.261. The van der Waals surface area contributed by atoms with E-state index < -0.39 is 30.2 Å². The van der Waals surface area contributed by atoms with E-state index in [4.69, 9.17) is 9.47 Å². The smallest absolute Gasteiger partial charge is 0.329 e. The van der Waals surface area contributed by atoms with Crippen molar-refractivity contribution >= 4 is 35.3 Å². The largest absolute Gasteiger partial charge is 0.496 e. The molecule has 0 saturated carbocycles. The molecule has 0 radical (unpaired) electrons. The molecule has 0 unspecified atom stereocenters.